The highest BCUT2D eigenvalue weighted by molar-refractivity contribution is 5.95. The van der Waals surface area contributed by atoms with Crippen LogP contribution in [0, 0.1) is 0 Å². The summed E-state index contributed by atoms with van der Waals surface area (Å²) >= 11 is 0. The maximum absolute atomic E-state index is 12.7. The summed E-state index contributed by atoms with van der Waals surface area (Å²) in [5.74, 6) is 0.744. The first-order valence-corrected chi connectivity index (χ1v) is 7.74. The van der Waals surface area contributed by atoms with E-state index in [1.54, 1.807) is 27.4 Å². The average molecular weight is 319 g/mol. The van der Waals surface area contributed by atoms with Crippen molar-refractivity contribution in [1.29, 1.82) is 0 Å². The molecule has 0 unspecified atom stereocenters. The molecule has 0 radical (unpaired) electrons. The zero-order valence-electron chi connectivity index (χ0n) is 14.2. The van der Waals surface area contributed by atoms with Gasteiger partial charge in [0.2, 0.25) is 5.91 Å². The number of methoxy groups -OCH3 is 3. The van der Waals surface area contributed by atoms with Crippen molar-refractivity contribution in [1.82, 2.24) is 4.90 Å². The fourth-order valence-electron chi connectivity index (χ4n) is 2.98. The van der Waals surface area contributed by atoms with Gasteiger partial charge in [-0.25, -0.2) is 0 Å². The Hall–Kier alpha value is -1.85. The van der Waals surface area contributed by atoms with E-state index in [9.17, 15) is 4.79 Å². The molecule has 1 amide bonds. The summed E-state index contributed by atoms with van der Waals surface area (Å²) in [7, 11) is 4.96. The normalized spacial score (nSPS) is 21.6. The van der Waals surface area contributed by atoms with Crippen molar-refractivity contribution in [3.63, 3.8) is 0 Å². The number of rotatable bonds is 6. The third-order valence-corrected chi connectivity index (χ3v) is 4.22. The fraction of sp³-hybridized carbons (Fsp3) is 0.500. The molecule has 5 nitrogen and oxygen atoms in total. The van der Waals surface area contributed by atoms with Crippen molar-refractivity contribution in [2.75, 3.05) is 34.5 Å². The van der Waals surface area contributed by atoms with E-state index in [1.807, 2.05) is 36.1 Å². The van der Waals surface area contributed by atoms with Crippen molar-refractivity contribution < 1.29 is 19.0 Å². The molecule has 1 fully saturated rings. The third-order valence-electron chi connectivity index (χ3n) is 4.22. The Morgan fingerprint density at radius 2 is 2.04 bits per heavy atom. The highest BCUT2D eigenvalue weighted by atomic mass is 16.5. The number of allylic oxidation sites excluding steroid dienone is 1. The van der Waals surface area contributed by atoms with E-state index in [-0.39, 0.29) is 18.1 Å². The third kappa shape index (κ3) is 4.12. The van der Waals surface area contributed by atoms with Gasteiger partial charge in [-0.05, 0) is 25.0 Å². The van der Waals surface area contributed by atoms with Crippen LogP contribution in [-0.4, -0.2) is 57.4 Å². The van der Waals surface area contributed by atoms with Crippen molar-refractivity contribution in [2.24, 2.45) is 0 Å². The Morgan fingerprint density at radius 1 is 1.30 bits per heavy atom. The second kappa shape index (κ2) is 8.13. The van der Waals surface area contributed by atoms with Crippen LogP contribution >= 0.6 is 0 Å². The maximum atomic E-state index is 12.7. The van der Waals surface area contributed by atoms with E-state index in [2.05, 4.69) is 0 Å². The number of amides is 1. The van der Waals surface area contributed by atoms with Crippen LogP contribution in [0.4, 0.5) is 0 Å². The quantitative estimate of drug-likeness (QED) is 0.755. The second-order valence-electron chi connectivity index (χ2n) is 5.72. The average Bonchev–Trinajstić information content (AvgIpc) is 2.98. The summed E-state index contributed by atoms with van der Waals surface area (Å²) in [6.07, 6.45) is 2.54. The molecule has 0 aliphatic carbocycles. The lowest BCUT2D eigenvalue weighted by Crippen LogP contribution is -2.37. The topological polar surface area (TPSA) is 48.0 Å². The van der Waals surface area contributed by atoms with Gasteiger partial charge in [0.15, 0.2) is 0 Å². The highest BCUT2D eigenvalue weighted by Crippen LogP contribution is 2.26. The van der Waals surface area contributed by atoms with E-state index in [4.69, 9.17) is 14.2 Å². The van der Waals surface area contributed by atoms with Gasteiger partial charge in [-0.2, -0.15) is 0 Å². The maximum Gasteiger partial charge on any atom is 0.247 e. The van der Waals surface area contributed by atoms with Crippen LogP contribution in [0.25, 0.3) is 5.57 Å². The van der Waals surface area contributed by atoms with E-state index < -0.39 is 0 Å². The van der Waals surface area contributed by atoms with Gasteiger partial charge in [0.05, 0.1) is 25.9 Å². The molecule has 1 heterocycles. The van der Waals surface area contributed by atoms with Gasteiger partial charge in [0, 0.05) is 32.4 Å². The summed E-state index contributed by atoms with van der Waals surface area (Å²) in [4.78, 5) is 14.5. The number of nitrogens with zero attached hydrogens (tertiary/aromatic N) is 1. The van der Waals surface area contributed by atoms with Crippen LogP contribution in [0.2, 0.25) is 0 Å². The minimum Gasteiger partial charge on any atom is -0.496 e. The van der Waals surface area contributed by atoms with Crippen LogP contribution in [0.3, 0.4) is 0 Å². The molecule has 1 aromatic rings. The number of hydrogen-bond acceptors (Lipinski definition) is 4. The zero-order valence-corrected chi connectivity index (χ0v) is 14.2. The first kappa shape index (κ1) is 17.5. The summed E-state index contributed by atoms with van der Waals surface area (Å²) in [5.41, 5.74) is 1.80. The monoisotopic (exact) mass is 319 g/mol. The Morgan fingerprint density at radius 3 is 2.70 bits per heavy atom. The molecule has 2 atom stereocenters. The number of carbonyl (C=O) groups excluding carboxylic acids is 1. The molecule has 23 heavy (non-hydrogen) atoms. The number of likely N-dealkylation sites (tertiary alicyclic amines) is 1. The lowest BCUT2D eigenvalue weighted by molar-refractivity contribution is -0.127. The number of ether oxygens (including phenoxy) is 3. The van der Waals surface area contributed by atoms with Gasteiger partial charge in [-0.15, -0.1) is 0 Å². The Labute approximate surface area is 137 Å². The number of hydrogen-bond donors (Lipinski definition) is 0. The standard InChI is InChI=1S/C18H25NO4/c1-13(16-7-5-6-8-17(16)23-4)9-18(20)19-11-15(22-3)10-14(19)12-21-2/h5-9,14-15H,10-12H2,1-4H3/b13-9+/t14-,15+/m0/s1. The minimum absolute atomic E-state index is 0.0185. The molecular weight excluding hydrogens is 294 g/mol. The molecule has 2 rings (SSSR count). The van der Waals surface area contributed by atoms with Crippen LogP contribution in [-0.2, 0) is 14.3 Å². The van der Waals surface area contributed by atoms with Gasteiger partial charge < -0.3 is 19.1 Å². The van der Waals surface area contributed by atoms with Gasteiger partial charge in [0.25, 0.3) is 0 Å². The zero-order chi connectivity index (χ0) is 16.8. The predicted molar refractivity (Wildman–Crippen MR) is 89.4 cm³/mol. The number of carbonyl (C=O) groups is 1. The second-order valence-corrected chi connectivity index (χ2v) is 5.72. The molecule has 5 heteroatoms. The molecule has 0 N–H and O–H groups in total. The van der Waals surface area contributed by atoms with Crippen LogP contribution in [0.15, 0.2) is 30.3 Å². The largest absolute Gasteiger partial charge is 0.496 e. The molecular formula is C18H25NO4. The van der Waals surface area contributed by atoms with E-state index in [1.165, 1.54) is 0 Å². The smallest absolute Gasteiger partial charge is 0.247 e. The van der Waals surface area contributed by atoms with E-state index in [0.29, 0.717) is 13.2 Å². The lowest BCUT2D eigenvalue weighted by Gasteiger charge is -2.22. The van der Waals surface area contributed by atoms with E-state index in [0.717, 1.165) is 23.3 Å². The molecule has 0 saturated carbocycles. The van der Waals surface area contributed by atoms with Crippen molar-refractivity contribution >= 4 is 11.5 Å². The van der Waals surface area contributed by atoms with Gasteiger partial charge in [-0.3, -0.25) is 4.79 Å². The molecule has 0 bridgehead atoms. The molecule has 1 saturated heterocycles. The SMILES string of the molecule is COC[C@@H]1C[C@@H](OC)CN1C(=O)/C=C(\C)c1ccccc1OC. The van der Waals surface area contributed by atoms with Crippen LogP contribution in [0.5, 0.6) is 5.75 Å². The van der Waals surface area contributed by atoms with Gasteiger partial charge in [0.1, 0.15) is 5.75 Å². The molecule has 1 aromatic carbocycles. The Balaban J connectivity index is 2.18. The van der Waals surface area contributed by atoms with Crippen molar-refractivity contribution in [3.8, 4) is 5.75 Å². The molecule has 1 aliphatic rings. The van der Waals surface area contributed by atoms with Crippen LogP contribution < -0.4 is 4.74 Å². The van der Waals surface area contributed by atoms with Crippen LogP contribution in [0.1, 0.15) is 18.9 Å². The summed E-state index contributed by atoms with van der Waals surface area (Å²) in [6, 6.07) is 7.74. The minimum atomic E-state index is -0.0185. The predicted octanol–water partition coefficient (Wildman–Crippen LogP) is 2.36. The summed E-state index contributed by atoms with van der Waals surface area (Å²) < 4.78 is 16.0. The van der Waals surface area contributed by atoms with Crippen molar-refractivity contribution in [3.05, 3.63) is 35.9 Å². The Bertz CT molecular complexity index is 570. The lowest BCUT2D eigenvalue weighted by atomic mass is 10.1. The number of benzene rings is 1. The first-order chi connectivity index (χ1) is 11.1. The summed E-state index contributed by atoms with van der Waals surface area (Å²) in [6.45, 7) is 3.04. The van der Waals surface area contributed by atoms with Gasteiger partial charge in [-0.1, -0.05) is 18.2 Å². The Kier molecular flexibility index (Phi) is 6.19. The fourth-order valence-corrected chi connectivity index (χ4v) is 2.98. The molecule has 1 aliphatic heterocycles. The van der Waals surface area contributed by atoms with Gasteiger partial charge >= 0.3 is 0 Å². The first-order valence-electron chi connectivity index (χ1n) is 7.74. The highest BCUT2D eigenvalue weighted by Gasteiger charge is 2.34. The van der Waals surface area contributed by atoms with E-state index >= 15 is 0 Å². The molecule has 126 valence electrons. The number of para-hydroxylation sites is 1. The molecule has 0 aromatic heterocycles. The van der Waals surface area contributed by atoms with Crippen molar-refractivity contribution in [2.45, 2.75) is 25.5 Å². The molecule has 0 spiro atoms. The summed E-state index contributed by atoms with van der Waals surface area (Å²) in [5, 5.41) is 0.